The van der Waals surface area contributed by atoms with Crippen LogP contribution in [0, 0.1) is 0 Å². The maximum absolute atomic E-state index is 12.5. The Bertz CT molecular complexity index is 832. The Morgan fingerprint density at radius 3 is 1.09 bits per heavy atom. The average Bonchev–Trinajstić information content (AvgIpc) is 3.19. The van der Waals surface area contributed by atoms with Crippen LogP contribution in [0.25, 0.3) is 0 Å². The predicted octanol–water partition coefficient (Wildman–Crippen LogP) is 13.1. The molecule has 0 aliphatic rings. The van der Waals surface area contributed by atoms with Crippen molar-refractivity contribution in [2.75, 3.05) is 6.61 Å². The van der Waals surface area contributed by atoms with Crippen molar-refractivity contribution in [3.63, 3.8) is 0 Å². The molecule has 0 rings (SSSR count). The topological polar surface area (TPSA) is 110 Å². The molecule has 326 valence electrons. The van der Waals surface area contributed by atoms with Crippen LogP contribution in [0.3, 0.4) is 0 Å². The van der Waals surface area contributed by atoms with Crippen molar-refractivity contribution in [1.29, 1.82) is 0 Å². The third-order valence-corrected chi connectivity index (χ3v) is 11.4. The van der Waals surface area contributed by atoms with E-state index in [1.165, 1.54) is 173 Å². The lowest BCUT2D eigenvalue weighted by Gasteiger charge is -2.27. The number of unbranched alkanes of at least 4 members (excludes halogenated alkanes) is 31. The molecule has 0 aromatic heterocycles. The van der Waals surface area contributed by atoms with E-state index in [4.69, 9.17) is 0 Å². The van der Waals surface area contributed by atoms with E-state index in [2.05, 4.69) is 43.5 Å². The quantitative estimate of drug-likeness (QED) is 0.0313. The number of aliphatic hydroxyl groups is 4. The zero-order valence-corrected chi connectivity index (χ0v) is 36.7. The fourth-order valence-corrected chi connectivity index (χ4v) is 7.52. The van der Waals surface area contributed by atoms with E-state index >= 15 is 0 Å². The van der Waals surface area contributed by atoms with Crippen LogP contribution >= 0.6 is 0 Å². The van der Waals surface area contributed by atoms with Crippen molar-refractivity contribution in [2.45, 2.75) is 276 Å². The molecule has 6 nitrogen and oxygen atoms in total. The Hall–Kier alpha value is -1.21. The van der Waals surface area contributed by atoms with E-state index in [0.717, 1.165) is 51.4 Å². The third kappa shape index (κ3) is 38.1. The molecule has 4 atom stereocenters. The number of hydrogen-bond donors (Lipinski definition) is 5. The maximum atomic E-state index is 12.5. The molecule has 4 unspecified atom stereocenters. The van der Waals surface area contributed by atoms with Crippen LogP contribution < -0.4 is 5.32 Å². The second-order valence-electron chi connectivity index (χ2n) is 16.8. The molecular weight excluding hydrogens is 683 g/mol. The first-order chi connectivity index (χ1) is 27.0. The zero-order chi connectivity index (χ0) is 40.3. The molecule has 6 heteroatoms. The van der Waals surface area contributed by atoms with Crippen LogP contribution in [0.15, 0.2) is 24.3 Å². The summed E-state index contributed by atoms with van der Waals surface area (Å²) in [5, 5.41) is 43.7. The first-order valence-electron chi connectivity index (χ1n) is 24.2. The highest BCUT2D eigenvalue weighted by Crippen LogP contribution is 2.16. The molecule has 0 fully saturated rings. The monoisotopic (exact) mass is 778 g/mol. The Kier molecular flexibility index (Phi) is 42.9. The van der Waals surface area contributed by atoms with Crippen LogP contribution in [0.2, 0.25) is 0 Å². The first-order valence-corrected chi connectivity index (χ1v) is 24.2. The van der Waals surface area contributed by atoms with Gasteiger partial charge in [-0.15, -0.1) is 0 Å². The summed E-state index contributed by atoms with van der Waals surface area (Å²) in [6.45, 7) is 4.05. The van der Waals surface area contributed by atoms with Gasteiger partial charge in [-0.1, -0.05) is 212 Å². The zero-order valence-electron chi connectivity index (χ0n) is 36.7. The van der Waals surface area contributed by atoms with Crippen molar-refractivity contribution >= 4 is 5.91 Å². The lowest BCUT2D eigenvalue weighted by atomic mass is 10.00. The highest BCUT2D eigenvalue weighted by Gasteiger charge is 2.28. The number of nitrogens with one attached hydrogen (secondary N) is 1. The maximum Gasteiger partial charge on any atom is 0.249 e. The van der Waals surface area contributed by atoms with Gasteiger partial charge in [0, 0.05) is 0 Å². The van der Waals surface area contributed by atoms with Gasteiger partial charge in [-0.25, -0.2) is 0 Å². The molecule has 0 radical (unpaired) electrons. The van der Waals surface area contributed by atoms with Crippen molar-refractivity contribution in [3.05, 3.63) is 24.3 Å². The second-order valence-corrected chi connectivity index (χ2v) is 16.8. The summed E-state index contributed by atoms with van der Waals surface area (Å²) in [5.41, 5.74) is 0. The van der Waals surface area contributed by atoms with Gasteiger partial charge in [-0.2, -0.15) is 0 Å². The van der Waals surface area contributed by atoms with Crippen LogP contribution in [0.4, 0.5) is 0 Å². The number of carbonyl (C=O) groups is 1. The summed E-state index contributed by atoms with van der Waals surface area (Å²) in [4.78, 5) is 12.5. The largest absolute Gasteiger partial charge is 0.394 e. The molecule has 0 spiro atoms. The standard InChI is InChI=1S/C49H95NO5/c1-3-5-7-9-11-13-15-17-19-20-21-22-23-24-25-26-27-29-30-32-34-36-38-40-42-46(52)48(54)45(44-51)50-49(55)47(53)43-41-39-37-35-33-31-28-18-16-14-12-10-8-6-4-2/h28,31,34,36,45-48,51-54H,3-27,29-30,32-33,35,37-44H2,1-2H3,(H,50,55)/b31-28-,36-34+. The van der Waals surface area contributed by atoms with E-state index in [9.17, 15) is 25.2 Å². The Morgan fingerprint density at radius 2 is 0.745 bits per heavy atom. The van der Waals surface area contributed by atoms with Crippen LogP contribution in [-0.2, 0) is 4.79 Å². The Balaban J connectivity index is 3.71. The number of aliphatic hydroxyl groups excluding tert-OH is 4. The molecule has 0 aromatic rings. The van der Waals surface area contributed by atoms with Gasteiger partial charge in [0.25, 0.3) is 0 Å². The van der Waals surface area contributed by atoms with Gasteiger partial charge in [0.2, 0.25) is 5.91 Å². The normalized spacial score (nSPS) is 14.2. The van der Waals surface area contributed by atoms with Gasteiger partial charge in [0.15, 0.2) is 0 Å². The fraction of sp³-hybridized carbons (Fsp3) is 0.898. The molecule has 0 heterocycles. The SMILES string of the molecule is CCCCCCCCC/C=C\CCCCCCC(O)C(=O)NC(CO)C(O)C(O)CCC/C=C/CCCCCCCCCCCCCCCCCCCCC. The van der Waals surface area contributed by atoms with Gasteiger partial charge in [0.05, 0.1) is 18.8 Å². The van der Waals surface area contributed by atoms with Crippen molar-refractivity contribution in [3.8, 4) is 0 Å². The average molecular weight is 778 g/mol. The van der Waals surface area contributed by atoms with E-state index in [0.29, 0.717) is 12.8 Å². The summed E-state index contributed by atoms with van der Waals surface area (Å²) in [5.74, 6) is -0.601. The summed E-state index contributed by atoms with van der Waals surface area (Å²) in [6, 6.07) is -1.00. The van der Waals surface area contributed by atoms with E-state index in [-0.39, 0.29) is 0 Å². The van der Waals surface area contributed by atoms with Gasteiger partial charge in [-0.05, 0) is 64.2 Å². The molecular formula is C49H95NO5. The van der Waals surface area contributed by atoms with Gasteiger partial charge >= 0.3 is 0 Å². The minimum absolute atomic E-state index is 0.350. The third-order valence-electron chi connectivity index (χ3n) is 11.4. The summed E-state index contributed by atoms with van der Waals surface area (Å²) in [7, 11) is 0. The van der Waals surface area contributed by atoms with Crippen LogP contribution in [0.1, 0.15) is 251 Å². The molecule has 5 N–H and O–H groups in total. The molecule has 1 amide bonds. The molecule has 0 saturated heterocycles. The van der Waals surface area contributed by atoms with Gasteiger partial charge in [-0.3, -0.25) is 4.79 Å². The molecule has 0 bridgehead atoms. The van der Waals surface area contributed by atoms with Crippen molar-refractivity contribution in [2.24, 2.45) is 0 Å². The second kappa shape index (κ2) is 43.9. The lowest BCUT2D eigenvalue weighted by Crippen LogP contribution is -2.53. The summed E-state index contributed by atoms with van der Waals surface area (Å²) in [6.07, 6.45) is 50.8. The number of carbonyl (C=O) groups excluding carboxylic acids is 1. The van der Waals surface area contributed by atoms with E-state index in [1.54, 1.807) is 0 Å². The fourth-order valence-electron chi connectivity index (χ4n) is 7.52. The Morgan fingerprint density at radius 1 is 0.436 bits per heavy atom. The minimum atomic E-state index is -1.28. The van der Waals surface area contributed by atoms with Gasteiger partial charge in [0.1, 0.15) is 12.2 Å². The van der Waals surface area contributed by atoms with Crippen LogP contribution in [0.5, 0.6) is 0 Å². The highest BCUT2D eigenvalue weighted by molar-refractivity contribution is 5.80. The first kappa shape index (κ1) is 53.8. The molecule has 0 aliphatic carbocycles. The highest BCUT2D eigenvalue weighted by atomic mass is 16.3. The molecule has 55 heavy (non-hydrogen) atoms. The van der Waals surface area contributed by atoms with E-state index < -0.39 is 36.9 Å². The van der Waals surface area contributed by atoms with Crippen molar-refractivity contribution in [1.82, 2.24) is 5.32 Å². The molecule has 0 saturated carbocycles. The smallest absolute Gasteiger partial charge is 0.249 e. The number of hydrogen-bond acceptors (Lipinski definition) is 5. The number of allylic oxidation sites excluding steroid dienone is 4. The van der Waals surface area contributed by atoms with E-state index in [1.807, 2.05) is 0 Å². The summed E-state index contributed by atoms with van der Waals surface area (Å²) >= 11 is 0. The Labute approximate surface area is 342 Å². The lowest BCUT2D eigenvalue weighted by molar-refractivity contribution is -0.132. The molecule has 0 aliphatic heterocycles. The summed E-state index contributed by atoms with van der Waals surface area (Å²) < 4.78 is 0. The number of amides is 1. The minimum Gasteiger partial charge on any atom is -0.394 e. The number of rotatable bonds is 44. The van der Waals surface area contributed by atoms with Crippen molar-refractivity contribution < 1.29 is 25.2 Å². The molecule has 0 aromatic carbocycles. The predicted molar refractivity (Wildman–Crippen MR) is 237 cm³/mol. The van der Waals surface area contributed by atoms with Crippen LogP contribution in [-0.4, -0.2) is 57.3 Å². The van der Waals surface area contributed by atoms with Gasteiger partial charge < -0.3 is 25.7 Å².